The fourth-order valence-corrected chi connectivity index (χ4v) is 3.65. The van der Waals surface area contributed by atoms with Crippen molar-refractivity contribution < 1.29 is 18.7 Å². The van der Waals surface area contributed by atoms with Crippen molar-refractivity contribution in [2.75, 3.05) is 0 Å². The maximum atomic E-state index is 14.0. The van der Waals surface area contributed by atoms with Crippen molar-refractivity contribution in [2.24, 2.45) is 0 Å². The number of halogens is 2. The third-order valence-corrected chi connectivity index (χ3v) is 5.10. The SMILES string of the molecule is Cc1ccc(C2=C(O)C(=O)N(Cc3ccc(F)cc3)C2c2cccc(F)c2)cc1. The molecule has 1 aliphatic rings. The summed E-state index contributed by atoms with van der Waals surface area (Å²) in [6, 6.07) is 18.6. The molecule has 1 aliphatic heterocycles. The monoisotopic (exact) mass is 391 g/mol. The van der Waals surface area contributed by atoms with E-state index in [1.54, 1.807) is 24.3 Å². The molecular weight excluding hydrogens is 372 g/mol. The van der Waals surface area contributed by atoms with Crippen LogP contribution in [0, 0.1) is 18.6 Å². The smallest absolute Gasteiger partial charge is 0.290 e. The molecule has 1 atom stereocenters. The summed E-state index contributed by atoms with van der Waals surface area (Å²) in [5.74, 6) is -1.69. The second-order valence-electron chi connectivity index (χ2n) is 7.15. The zero-order valence-corrected chi connectivity index (χ0v) is 15.8. The van der Waals surface area contributed by atoms with Crippen LogP contribution in [0.1, 0.15) is 28.3 Å². The maximum absolute atomic E-state index is 14.0. The van der Waals surface area contributed by atoms with Crippen molar-refractivity contribution in [3.8, 4) is 0 Å². The van der Waals surface area contributed by atoms with Crippen molar-refractivity contribution in [2.45, 2.75) is 19.5 Å². The topological polar surface area (TPSA) is 40.5 Å². The minimum atomic E-state index is -0.661. The number of nitrogens with zero attached hydrogens (tertiary/aromatic N) is 1. The molecule has 0 bridgehead atoms. The number of aryl methyl sites for hydroxylation is 1. The van der Waals surface area contributed by atoms with Crippen LogP contribution in [0.15, 0.2) is 78.6 Å². The maximum Gasteiger partial charge on any atom is 0.290 e. The predicted octanol–water partition coefficient (Wildman–Crippen LogP) is 5.33. The van der Waals surface area contributed by atoms with Gasteiger partial charge in [0.1, 0.15) is 11.6 Å². The van der Waals surface area contributed by atoms with E-state index in [0.29, 0.717) is 22.3 Å². The Kier molecular flexibility index (Phi) is 4.89. The number of hydrogen-bond donors (Lipinski definition) is 1. The van der Waals surface area contributed by atoms with E-state index < -0.39 is 17.8 Å². The molecule has 29 heavy (non-hydrogen) atoms. The molecule has 146 valence electrons. The first-order valence-corrected chi connectivity index (χ1v) is 9.25. The number of hydrogen-bond acceptors (Lipinski definition) is 2. The molecule has 0 spiro atoms. The normalized spacial score (nSPS) is 16.6. The van der Waals surface area contributed by atoms with Gasteiger partial charge < -0.3 is 10.0 Å². The Morgan fingerprint density at radius 3 is 2.28 bits per heavy atom. The number of aliphatic hydroxyl groups is 1. The van der Waals surface area contributed by atoms with Gasteiger partial charge in [0.25, 0.3) is 5.91 Å². The average molecular weight is 391 g/mol. The van der Waals surface area contributed by atoms with Gasteiger partial charge in [0.15, 0.2) is 5.76 Å². The van der Waals surface area contributed by atoms with Crippen LogP contribution in [-0.4, -0.2) is 15.9 Å². The van der Waals surface area contributed by atoms with Crippen LogP contribution in [0.25, 0.3) is 5.57 Å². The second kappa shape index (κ2) is 7.51. The van der Waals surface area contributed by atoms with Crippen LogP contribution >= 0.6 is 0 Å². The van der Waals surface area contributed by atoms with Gasteiger partial charge in [0, 0.05) is 12.1 Å². The first-order chi connectivity index (χ1) is 13.9. The van der Waals surface area contributed by atoms with Gasteiger partial charge in [0.2, 0.25) is 0 Å². The van der Waals surface area contributed by atoms with Crippen LogP contribution in [0.5, 0.6) is 0 Å². The second-order valence-corrected chi connectivity index (χ2v) is 7.15. The van der Waals surface area contributed by atoms with Gasteiger partial charge in [-0.15, -0.1) is 0 Å². The summed E-state index contributed by atoms with van der Waals surface area (Å²) in [5, 5.41) is 10.7. The van der Waals surface area contributed by atoms with Crippen molar-refractivity contribution >= 4 is 11.5 Å². The molecule has 0 aromatic heterocycles. The lowest BCUT2D eigenvalue weighted by molar-refractivity contribution is -0.130. The largest absolute Gasteiger partial charge is 0.503 e. The molecule has 3 aromatic rings. The average Bonchev–Trinajstić information content (AvgIpc) is 2.95. The predicted molar refractivity (Wildman–Crippen MR) is 107 cm³/mol. The van der Waals surface area contributed by atoms with Crippen LogP contribution in [-0.2, 0) is 11.3 Å². The van der Waals surface area contributed by atoms with Crippen molar-refractivity contribution in [1.82, 2.24) is 4.90 Å². The number of benzene rings is 3. The number of carbonyl (C=O) groups excluding carboxylic acids is 1. The van der Waals surface area contributed by atoms with E-state index >= 15 is 0 Å². The van der Waals surface area contributed by atoms with E-state index in [1.807, 2.05) is 31.2 Å². The zero-order chi connectivity index (χ0) is 20.5. The Balaban J connectivity index is 1.81. The molecule has 4 rings (SSSR count). The van der Waals surface area contributed by atoms with Crippen molar-refractivity contribution in [3.63, 3.8) is 0 Å². The Labute approximate surface area is 167 Å². The lowest BCUT2D eigenvalue weighted by Crippen LogP contribution is -2.29. The zero-order valence-electron chi connectivity index (χ0n) is 15.8. The summed E-state index contributed by atoms with van der Waals surface area (Å²) in [7, 11) is 0. The van der Waals surface area contributed by atoms with Gasteiger partial charge >= 0.3 is 0 Å². The fraction of sp³-hybridized carbons (Fsp3) is 0.125. The van der Waals surface area contributed by atoms with Crippen molar-refractivity contribution in [1.29, 1.82) is 0 Å². The Morgan fingerprint density at radius 2 is 1.62 bits per heavy atom. The highest BCUT2D eigenvalue weighted by atomic mass is 19.1. The minimum Gasteiger partial charge on any atom is -0.503 e. The quantitative estimate of drug-likeness (QED) is 0.653. The highest BCUT2D eigenvalue weighted by Gasteiger charge is 2.41. The van der Waals surface area contributed by atoms with E-state index in [9.17, 15) is 18.7 Å². The summed E-state index contributed by atoms with van der Waals surface area (Å²) in [5.41, 5.74) is 3.43. The molecule has 1 amide bonds. The Hall–Kier alpha value is -3.47. The lowest BCUT2D eigenvalue weighted by Gasteiger charge is -2.27. The first-order valence-electron chi connectivity index (χ1n) is 9.25. The van der Waals surface area contributed by atoms with E-state index in [2.05, 4.69) is 0 Å². The van der Waals surface area contributed by atoms with E-state index in [-0.39, 0.29) is 18.1 Å². The van der Waals surface area contributed by atoms with Gasteiger partial charge in [-0.2, -0.15) is 0 Å². The third kappa shape index (κ3) is 3.63. The van der Waals surface area contributed by atoms with Gasteiger partial charge in [-0.3, -0.25) is 4.79 Å². The highest BCUT2D eigenvalue weighted by Crippen LogP contribution is 2.43. The molecule has 3 nitrogen and oxygen atoms in total. The minimum absolute atomic E-state index is 0.152. The standard InChI is InChI=1S/C24H19F2NO2/c1-15-5-9-17(10-6-15)21-22(18-3-2-4-20(26)13-18)27(24(29)23(21)28)14-16-7-11-19(25)12-8-16/h2-13,22,28H,14H2,1H3. The summed E-state index contributed by atoms with van der Waals surface area (Å²) in [6.07, 6.45) is 0. The molecule has 1 unspecified atom stereocenters. The van der Waals surface area contributed by atoms with Gasteiger partial charge in [0.05, 0.1) is 6.04 Å². The first kappa shape index (κ1) is 18.9. The molecule has 0 saturated heterocycles. The van der Waals surface area contributed by atoms with E-state index in [4.69, 9.17) is 0 Å². The van der Waals surface area contributed by atoms with Gasteiger partial charge in [-0.05, 0) is 47.9 Å². The third-order valence-electron chi connectivity index (χ3n) is 5.10. The molecule has 5 heteroatoms. The van der Waals surface area contributed by atoms with Crippen LogP contribution in [0.3, 0.4) is 0 Å². The summed E-state index contributed by atoms with van der Waals surface area (Å²) < 4.78 is 27.2. The number of carbonyl (C=O) groups is 1. The van der Waals surface area contributed by atoms with Gasteiger partial charge in [-0.25, -0.2) is 8.78 Å². The Bertz CT molecular complexity index is 1090. The molecule has 0 radical (unpaired) electrons. The molecule has 0 saturated carbocycles. The number of aliphatic hydroxyl groups excluding tert-OH is 1. The van der Waals surface area contributed by atoms with E-state index in [1.165, 1.54) is 29.2 Å². The fourth-order valence-electron chi connectivity index (χ4n) is 3.65. The molecule has 0 fully saturated rings. The van der Waals surface area contributed by atoms with Gasteiger partial charge in [-0.1, -0.05) is 54.1 Å². The molecule has 3 aromatic carbocycles. The Morgan fingerprint density at radius 1 is 0.931 bits per heavy atom. The summed E-state index contributed by atoms with van der Waals surface area (Å²) in [4.78, 5) is 14.4. The molecule has 1 N–H and O–H groups in total. The number of rotatable bonds is 4. The molecule has 0 aliphatic carbocycles. The highest BCUT2D eigenvalue weighted by molar-refractivity contribution is 6.05. The number of amides is 1. The van der Waals surface area contributed by atoms with E-state index in [0.717, 1.165) is 5.56 Å². The summed E-state index contributed by atoms with van der Waals surface area (Å²) in [6.45, 7) is 2.10. The van der Waals surface area contributed by atoms with Crippen LogP contribution < -0.4 is 0 Å². The molecule has 1 heterocycles. The lowest BCUT2D eigenvalue weighted by atomic mass is 9.93. The summed E-state index contributed by atoms with van der Waals surface area (Å²) >= 11 is 0. The van der Waals surface area contributed by atoms with Crippen LogP contribution in [0.2, 0.25) is 0 Å². The molecular formula is C24H19F2NO2. The van der Waals surface area contributed by atoms with Crippen molar-refractivity contribution in [3.05, 3.63) is 112 Å². The van der Waals surface area contributed by atoms with Crippen LogP contribution in [0.4, 0.5) is 8.78 Å².